The number of hydrogen-bond donors (Lipinski definition) is 1. The third-order valence-electron chi connectivity index (χ3n) is 2.96. The van der Waals surface area contributed by atoms with Crippen molar-refractivity contribution in [2.45, 2.75) is 13.3 Å². The van der Waals surface area contributed by atoms with E-state index < -0.39 is 11.9 Å². The maximum Gasteiger partial charge on any atom is 0.306 e. The van der Waals surface area contributed by atoms with Gasteiger partial charge in [-0.05, 0) is 12.5 Å². The van der Waals surface area contributed by atoms with E-state index in [4.69, 9.17) is 30.9 Å². The number of carboxylic acid groups (broad SMARTS) is 1. The Balaban J connectivity index is 2.42. The summed E-state index contributed by atoms with van der Waals surface area (Å²) in [6.45, 7) is 2.51. The molecule has 1 aromatic rings. The Morgan fingerprint density at radius 2 is 2.21 bits per heavy atom. The lowest BCUT2D eigenvalue weighted by atomic mass is 9.99. The van der Waals surface area contributed by atoms with Gasteiger partial charge in [-0.3, -0.25) is 4.79 Å². The van der Waals surface area contributed by atoms with E-state index in [0.717, 1.165) is 0 Å². The lowest BCUT2D eigenvalue weighted by Crippen LogP contribution is -2.17. The number of aliphatic carboxylic acids is 1. The molecule has 0 saturated carbocycles. The maximum atomic E-state index is 10.9. The van der Waals surface area contributed by atoms with Crippen LogP contribution in [0.5, 0.6) is 17.2 Å². The molecule has 1 aliphatic heterocycles. The molecule has 5 nitrogen and oxygen atoms in total. The van der Waals surface area contributed by atoms with Crippen LogP contribution in [0.15, 0.2) is 6.07 Å². The predicted molar refractivity (Wildman–Crippen MR) is 69.5 cm³/mol. The van der Waals surface area contributed by atoms with Crippen LogP contribution in [0.25, 0.3) is 0 Å². The third-order valence-corrected chi connectivity index (χ3v) is 3.30. The van der Waals surface area contributed by atoms with Gasteiger partial charge in [0.15, 0.2) is 11.5 Å². The average Bonchev–Trinajstić information content (AvgIpc) is 2.39. The molecule has 1 N–H and O–H groups in total. The number of hydrogen-bond acceptors (Lipinski definition) is 4. The molecule has 1 unspecified atom stereocenters. The fraction of sp³-hybridized carbons (Fsp3) is 0.462. The van der Waals surface area contributed by atoms with Gasteiger partial charge in [-0.1, -0.05) is 18.5 Å². The molecule has 1 aromatic carbocycles. The van der Waals surface area contributed by atoms with Crippen molar-refractivity contribution >= 4 is 17.6 Å². The molecule has 104 valence electrons. The third kappa shape index (κ3) is 2.71. The van der Waals surface area contributed by atoms with E-state index in [1.54, 1.807) is 13.0 Å². The van der Waals surface area contributed by atoms with Crippen LogP contribution in [0.3, 0.4) is 0 Å². The number of ether oxygens (including phenoxy) is 3. The minimum atomic E-state index is -0.868. The second-order valence-electron chi connectivity index (χ2n) is 4.35. The molecule has 6 heteroatoms. The standard InChI is InChI=1S/C13H15ClO5/c1-7(13(15)16)5-8-6-9-12(19-4-3-18-9)10(14)11(8)17-2/h6-7H,3-5H2,1-2H3,(H,15,16). The van der Waals surface area contributed by atoms with Crippen molar-refractivity contribution in [3.8, 4) is 17.2 Å². The van der Waals surface area contributed by atoms with Gasteiger partial charge in [-0.15, -0.1) is 0 Å². The zero-order chi connectivity index (χ0) is 14.0. The van der Waals surface area contributed by atoms with Crippen LogP contribution in [-0.2, 0) is 11.2 Å². The summed E-state index contributed by atoms with van der Waals surface area (Å²) in [5.74, 6) is 0.0285. The Bertz CT molecular complexity index is 500. The molecule has 19 heavy (non-hydrogen) atoms. The first-order chi connectivity index (χ1) is 9.04. The zero-order valence-electron chi connectivity index (χ0n) is 10.7. The van der Waals surface area contributed by atoms with Crippen LogP contribution >= 0.6 is 11.6 Å². The van der Waals surface area contributed by atoms with Crippen molar-refractivity contribution in [3.63, 3.8) is 0 Å². The molecule has 2 rings (SSSR count). The van der Waals surface area contributed by atoms with Crippen LogP contribution in [0.2, 0.25) is 5.02 Å². The minimum Gasteiger partial charge on any atom is -0.495 e. The molecular weight excluding hydrogens is 272 g/mol. The summed E-state index contributed by atoms with van der Waals surface area (Å²) in [5, 5.41) is 9.31. The van der Waals surface area contributed by atoms with E-state index in [-0.39, 0.29) is 0 Å². The van der Waals surface area contributed by atoms with Gasteiger partial charge in [-0.25, -0.2) is 0 Å². The SMILES string of the molecule is COc1c(CC(C)C(=O)O)cc2c(c1Cl)OCCO2. The number of carbonyl (C=O) groups is 1. The Morgan fingerprint density at radius 3 is 2.84 bits per heavy atom. The molecule has 0 aliphatic carbocycles. The monoisotopic (exact) mass is 286 g/mol. The summed E-state index contributed by atoms with van der Waals surface area (Å²) < 4.78 is 16.2. The summed E-state index contributed by atoms with van der Waals surface area (Å²) in [6.07, 6.45) is 0.314. The first-order valence-corrected chi connectivity index (χ1v) is 6.30. The topological polar surface area (TPSA) is 65.0 Å². The van der Waals surface area contributed by atoms with E-state index >= 15 is 0 Å². The van der Waals surface area contributed by atoms with E-state index in [2.05, 4.69) is 0 Å². The smallest absolute Gasteiger partial charge is 0.306 e. The van der Waals surface area contributed by atoms with Gasteiger partial charge in [0.2, 0.25) is 0 Å². The first kappa shape index (κ1) is 13.8. The van der Waals surface area contributed by atoms with Crippen LogP contribution in [-0.4, -0.2) is 31.4 Å². The van der Waals surface area contributed by atoms with Gasteiger partial charge in [0.1, 0.15) is 24.0 Å². The fourth-order valence-electron chi connectivity index (χ4n) is 1.97. The Kier molecular flexibility index (Phi) is 4.04. The first-order valence-electron chi connectivity index (χ1n) is 5.92. The Morgan fingerprint density at radius 1 is 1.53 bits per heavy atom. The summed E-state index contributed by atoms with van der Waals surface area (Å²) in [5.41, 5.74) is 0.701. The number of methoxy groups -OCH3 is 1. The number of rotatable bonds is 4. The lowest BCUT2D eigenvalue weighted by molar-refractivity contribution is -0.141. The second kappa shape index (κ2) is 5.57. The van der Waals surface area contributed by atoms with Crippen molar-refractivity contribution in [2.75, 3.05) is 20.3 Å². The van der Waals surface area contributed by atoms with Gasteiger partial charge < -0.3 is 19.3 Å². The van der Waals surface area contributed by atoms with Gasteiger partial charge in [-0.2, -0.15) is 0 Å². The highest BCUT2D eigenvalue weighted by Gasteiger charge is 2.24. The molecule has 1 heterocycles. The fourth-order valence-corrected chi connectivity index (χ4v) is 2.31. The highest BCUT2D eigenvalue weighted by atomic mass is 35.5. The highest BCUT2D eigenvalue weighted by molar-refractivity contribution is 6.34. The summed E-state index contributed by atoms with van der Waals surface area (Å²) >= 11 is 6.22. The highest BCUT2D eigenvalue weighted by Crippen LogP contribution is 2.45. The van der Waals surface area contributed by atoms with E-state index in [9.17, 15) is 4.79 Å². The minimum absolute atomic E-state index is 0.314. The zero-order valence-corrected chi connectivity index (χ0v) is 11.5. The van der Waals surface area contributed by atoms with Gasteiger partial charge in [0.05, 0.1) is 13.0 Å². The van der Waals surface area contributed by atoms with Gasteiger partial charge in [0.25, 0.3) is 0 Å². The second-order valence-corrected chi connectivity index (χ2v) is 4.73. The molecule has 0 bridgehead atoms. The summed E-state index contributed by atoms with van der Waals surface area (Å²) in [7, 11) is 1.49. The van der Waals surface area contributed by atoms with Crippen LogP contribution in [0, 0.1) is 5.92 Å². The van der Waals surface area contributed by atoms with E-state index in [1.165, 1.54) is 7.11 Å². The molecule has 1 atom stereocenters. The van der Waals surface area contributed by atoms with Gasteiger partial charge in [0, 0.05) is 5.56 Å². The normalized spacial score (nSPS) is 14.9. The number of fused-ring (bicyclic) bond motifs is 1. The van der Waals surface area contributed by atoms with Crippen LogP contribution in [0.1, 0.15) is 12.5 Å². The maximum absolute atomic E-state index is 10.9. The van der Waals surface area contributed by atoms with E-state index in [1.807, 2.05) is 0 Å². The molecule has 0 fully saturated rings. The molecule has 0 aromatic heterocycles. The number of halogens is 1. The largest absolute Gasteiger partial charge is 0.495 e. The predicted octanol–water partition coefficient (Wildman–Crippen LogP) is 2.38. The van der Waals surface area contributed by atoms with Crippen LogP contribution < -0.4 is 14.2 Å². The average molecular weight is 287 g/mol. The molecule has 0 radical (unpaired) electrons. The van der Waals surface area contributed by atoms with Crippen molar-refractivity contribution < 1.29 is 24.1 Å². The molecular formula is C13H15ClO5. The van der Waals surface area contributed by atoms with Gasteiger partial charge >= 0.3 is 5.97 Å². The van der Waals surface area contributed by atoms with Crippen molar-refractivity contribution in [1.29, 1.82) is 0 Å². The number of benzene rings is 1. The number of carboxylic acids is 1. The van der Waals surface area contributed by atoms with Crippen molar-refractivity contribution in [2.24, 2.45) is 5.92 Å². The van der Waals surface area contributed by atoms with Crippen LogP contribution in [0.4, 0.5) is 0 Å². The molecule has 0 amide bonds. The Labute approximate surface area is 116 Å². The molecule has 0 spiro atoms. The van der Waals surface area contributed by atoms with Crippen molar-refractivity contribution in [3.05, 3.63) is 16.7 Å². The molecule has 1 aliphatic rings. The lowest BCUT2D eigenvalue weighted by Gasteiger charge is -2.23. The summed E-state index contributed by atoms with van der Waals surface area (Å²) in [6, 6.07) is 1.73. The Hall–Kier alpha value is -1.62. The van der Waals surface area contributed by atoms with Crippen molar-refractivity contribution in [1.82, 2.24) is 0 Å². The van der Waals surface area contributed by atoms with E-state index in [0.29, 0.717) is 47.5 Å². The summed E-state index contributed by atoms with van der Waals surface area (Å²) in [4.78, 5) is 10.9. The molecule has 0 saturated heterocycles. The quantitative estimate of drug-likeness (QED) is 0.920.